The minimum atomic E-state index is -3.26. The monoisotopic (exact) mass is 443 g/mol. The lowest BCUT2D eigenvalue weighted by Gasteiger charge is -2.32. The average Bonchev–Trinajstić information content (AvgIpc) is 3.51. The molecule has 0 unspecified atom stereocenters. The molecule has 1 aliphatic heterocycles. The second kappa shape index (κ2) is 7.64. The molecule has 1 fully saturated rings. The summed E-state index contributed by atoms with van der Waals surface area (Å²) in [7, 11) is -3.26. The maximum absolute atomic E-state index is 12.9. The molecule has 2 aromatic rings. The van der Waals surface area contributed by atoms with E-state index in [-0.39, 0.29) is 36.8 Å². The van der Waals surface area contributed by atoms with E-state index in [0.29, 0.717) is 19.4 Å². The molecule has 1 aromatic heterocycles. The van der Waals surface area contributed by atoms with Crippen LogP contribution in [0.4, 0.5) is 0 Å². The van der Waals surface area contributed by atoms with E-state index in [1.165, 1.54) is 27.9 Å². The van der Waals surface area contributed by atoms with Gasteiger partial charge in [-0.1, -0.05) is 29.8 Å². The largest absolute Gasteiger partial charge is 0.348 e. The lowest BCUT2D eigenvalue weighted by Crippen LogP contribution is -2.49. The first-order valence-electron chi connectivity index (χ1n) is 10.2. The van der Waals surface area contributed by atoms with Gasteiger partial charge < -0.3 is 14.8 Å². The quantitative estimate of drug-likeness (QED) is 0.720. The molecule has 1 saturated carbocycles. The Kier molecular flexibility index (Phi) is 5.25. The Morgan fingerprint density at radius 3 is 2.35 bits per heavy atom. The fraction of sp³-hybridized carbons (Fsp3) is 0.409. The minimum Gasteiger partial charge on any atom is -0.348 e. The number of aromatic nitrogens is 1. The Morgan fingerprint density at radius 2 is 1.74 bits per heavy atom. The van der Waals surface area contributed by atoms with Crippen molar-refractivity contribution in [2.45, 2.75) is 37.6 Å². The van der Waals surface area contributed by atoms with Crippen LogP contribution in [0.25, 0.3) is 0 Å². The van der Waals surface area contributed by atoms with Gasteiger partial charge in [0.05, 0.1) is 4.75 Å². The van der Waals surface area contributed by atoms with E-state index >= 15 is 0 Å². The van der Waals surface area contributed by atoms with E-state index in [4.69, 9.17) is 0 Å². The zero-order valence-electron chi connectivity index (χ0n) is 17.6. The fourth-order valence-corrected chi connectivity index (χ4v) is 5.15. The number of fused-ring (bicyclic) bond motifs is 1. The van der Waals surface area contributed by atoms with Crippen molar-refractivity contribution in [2.75, 3.05) is 19.3 Å². The van der Waals surface area contributed by atoms with Crippen molar-refractivity contribution in [2.24, 2.45) is 0 Å². The SMILES string of the molecule is Cc1ccc(CNC(=O)c2ccc3n(c2=O)CCN(CC2(S(C)(=O)=O)CC2)C3=O)cc1. The van der Waals surface area contributed by atoms with E-state index in [0.717, 1.165) is 11.1 Å². The average molecular weight is 444 g/mol. The standard InChI is InChI=1S/C22H25N3O5S/c1-15-3-5-16(6-4-15)13-23-19(26)17-7-8-18-21(28)24(11-12-25(18)20(17)27)14-22(9-10-22)31(2,29)30/h3-8H,9-14H2,1-2H3,(H,23,26). The van der Waals surface area contributed by atoms with Gasteiger partial charge in [0.1, 0.15) is 11.3 Å². The molecule has 4 rings (SSSR count). The van der Waals surface area contributed by atoms with E-state index in [1.54, 1.807) is 0 Å². The third-order valence-electron chi connectivity index (χ3n) is 6.17. The summed E-state index contributed by atoms with van der Waals surface area (Å²) < 4.78 is 24.6. The van der Waals surface area contributed by atoms with E-state index in [1.807, 2.05) is 31.2 Å². The molecule has 1 aromatic carbocycles. The van der Waals surface area contributed by atoms with Crippen LogP contribution in [0.5, 0.6) is 0 Å². The molecule has 9 heteroatoms. The molecule has 2 amide bonds. The third kappa shape index (κ3) is 4.01. The van der Waals surface area contributed by atoms with Crippen LogP contribution in [0.3, 0.4) is 0 Å². The zero-order valence-corrected chi connectivity index (χ0v) is 18.4. The molecule has 2 heterocycles. The minimum absolute atomic E-state index is 0.0214. The van der Waals surface area contributed by atoms with Gasteiger partial charge in [-0.25, -0.2) is 8.42 Å². The number of rotatable bonds is 6. The first kappa shape index (κ1) is 21.3. The number of nitrogens with one attached hydrogen (secondary N) is 1. The number of pyridine rings is 1. The molecule has 0 bridgehead atoms. The van der Waals surface area contributed by atoms with Gasteiger partial charge in [0.2, 0.25) is 0 Å². The zero-order chi connectivity index (χ0) is 22.4. The van der Waals surface area contributed by atoms with Crippen LogP contribution in [-0.2, 0) is 22.9 Å². The van der Waals surface area contributed by atoms with E-state index in [2.05, 4.69) is 5.32 Å². The van der Waals surface area contributed by atoms with Gasteiger partial charge >= 0.3 is 0 Å². The molecule has 2 aliphatic rings. The molecule has 0 atom stereocenters. The van der Waals surface area contributed by atoms with Crippen molar-refractivity contribution >= 4 is 21.7 Å². The van der Waals surface area contributed by atoms with E-state index in [9.17, 15) is 22.8 Å². The van der Waals surface area contributed by atoms with E-state index < -0.39 is 26.1 Å². The maximum Gasteiger partial charge on any atom is 0.270 e. The van der Waals surface area contributed by atoms with Crippen molar-refractivity contribution in [3.63, 3.8) is 0 Å². The van der Waals surface area contributed by atoms with Gasteiger partial charge in [0.15, 0.2) is 9.84 Å². The number of amides is 2. The maximum atomic E-state index is 12.9. The van der Waals surface area contributed by atoms with Crippen LogP contribution in [-0.4, -0.2) is 53.8 Å². The van der Waals surface area contributed by atoms with Crippen molar-refractivity contribution in [1.82, 2.24) is 14.8 Å². The van der Waals surface area contributed by atoms with Crippen molar-refractivity contribution in [1.29, 1.82) is 0 Å². The first-order chi connectivity index (χ1) is 14.6. The Bertz CT molecular complexity index is 1210. The summed E-state index contributed by atoms with van der Waals surface area (Å²) in [5, 5.41) is 2.74. The molecular formula is C22H25N3O5S. The normalized spacial score (nSPS) is 17.2. The first-order valence-corrected chi connectivity index (χ1v) is 12.1. The van der Waals surface area contributed by atoms with Crippen molar-refractivity contribution < 1.29 is 18.0 Å². The topological polar surface area (TPSA) is 106 Å². The van der Waals surface area contributed by atoms with Gasteiger partial charge in [-0.2, -0.15) is 0 Å². The molecule has 0 saturated heterocycles. The molecule has 164 valence electrons. The Labute approximate surface area is 180 Å². The third-order valence-corrected chi connectivity index (χ3v) is 8.28. The van der Waals surface area contributed by atoms with Gasteiger partial charge in [0, 0.05) is 32.4 Å². The summed E-state index contributed by atoms with van der Waals surface area (Å²) >= 11 is 0. The van der Waals surface area contributed by atoms with Crippen LogP contribution in [0, 0.1) is 6.92 Å². The lowest BCUT2D eigenvalue weighted by atomic mass is 10.1. The fourth-order valence-electron chi connectivity index (χ4n) is 3.91. The Hall–Kier alpha value is -2.94. The van der Waals surface area contributed by atoms with Crippen LogP contribution >= 0.6 is 0 Å². The van der Waals surface area contributed by atoms with Crippen LogP contribution in [0.1, 0.15) is 44.8 Å². The molecule has 8 nitrogen and oxygen atoms in total. The number of sulfone groups is 1. The summed E-state index contributed by atoms with van der Waals surface area (Å²) in [4.78, 5) is 39.8. The molecule has 0 spiro atoms. The number of hydrogen-bond donors (Lipinski definition) is 1. The predicted octanol–water partition coefficient (Wildman–Crippen LogP) is 1.12. The van der Waals surface area contributed by atoms with Crippen LogP contribution in [0.15, 0.2) is 41.2 Å². The van der Waals surface area contributed by atoms with Gasteiger partial charge in [-0.15, -0.1) is 0 Å². The van der Waals surface area contributed by atoms with Crippen LogP contribution in [0.2, 0.25) is 0 Å². The number of benzene rings is 1. The molecule has 0 radical (unpaired) electrons. The highest BCUT2D eigenvalue weighted by molar-refractivity contribution is 7.92. The summed E-state index contributed by atoms with van der Waals surface area (Å²) in [5.41, 5.74) is 1.67. The summed E-state index contributed by atoms with van der Waals surface area (Å²) in [6, 6.07) is 10.5. The summed E-state index contributed by atoms with van der Waals surface area (Å²) in [6.45, 7) is 2.86. The number of nitrogens with zero attached hydrogens (tertiary/aromatic N) is 2. The highest BCUT2D eigenvalue weighted by Crippen LogP contribution is 2.44. The smallest absolute Gasteiger partial charge is 0.270 e. The van der Waals surface area contributed by atoms with Crippen LogP contribution < -0.4 is 10.9 Å². The second-order valence-electron chi connectivity index (χ2n) is 8.44. The predicted molar refractivity (Wildman–Crippen MR) is 116 cm³/mol. The Balaban J connectivity index is 1.50. The number of hydrogen-bond acceptors (Lipinski definition) is 5. The highest BCUT2D eigenvalue weighted by atomic mass is 32.2. The van der Waals surface area contributed by atoms with Crippen molar-refractivity contribution in [3.8, 4) is 0 Å². The summed E-state index contributed by atoms with van der Waals surface area (Å²) in [6.07, 6.45) is 2.29. The number of carbonyl (C=O) groups is 2. The summed E-state index contributed by atoms with van der Waals surface area (Å²) in [5.74, 6) is -0.880. The van der Waals surface area contributed by atoms with Gasteiger partial charge in [-0.05, 0) is 37.5 Å². The Morgan fingerprint density at radius 1 is 1.06 bits per heavy atom. The van der Waals surface area contributed by atoms with Crippen molar-refractivity contribution in [3.05, 3.63) is 69.1 Å². The van der Waals surface area contributed by atoms with Gasteiger partial charge in [0.25, 0.3) is 17.4 Å². The lowest BCUT2D eigenvalue weighted by molar-refractivity contribution is 0.0695. The molecular weight excluding hydrogens is 418 g/mol. The van der Waals surface area contributed by atoms with Gasteiger partial charge in [-0.3, -0.25) is 14.4 Å². The second-order valence-corrected chi connectivity index (χ2v) is 10.8. The molecule has 1 N–H and O–H groups in total. The molecule has 1 aliphatic carbocycles. The molecule has 31 heavy (non-hydrogen) atoms. The number of aryl methyl sites for hydroxylation is 1. The highest BCUT2D eigenvalue weighted by Gasteiger charge is 2.54. The number of carbonyl (C=O) groups excluding carboxylic acids is 2.